The highest BCUT2D eigenvalue weighted by molar-refractivity contribution is 6.30. The van der Waals surface area contributed by atoms with Crippen molar-refractivity contribution in [1.82, 2.24) is 0 Å². The standard InChI is InChI=1S/C15H12ClFO/c1-10-5-7-11(8-6-10)14(18)9-12-3-2-4-13(16)15(12)17/h2-8H,9H2,1H3. The largest absolute Gasteiger partial charge is 0.294 e. The van der Waals surface area contributed by atoms with E-state index in [1.165, 1.54) is 6.07 Å². The summed E-state index contributed by atoms with van der Waals surface area (Å²) in [6, 6.07) is 11.9. The van der Waals surface area contributed by atoms with Crippen LogP contribution in [0.2, 0.25) is 5.02 Å². The summed E-state index contributed by atoms with van der Waals surface area (Å²) >= 11 is 5.68. The Morgan fingerprint density at radius 3 is 2.50 bits per heavy atom. The highest BCUT2D eigenvalue weighted by atomic mass is 35.5. The number of ketones is 1. The zero-order chi connectivity index (χ0) is 13.1. The third-order valence-corrected chi connectivity index (χ3v) is 3.05. The van der Waals surface area contributed by atoms with E-state index in [4.69, 9.17) is 11.6 Å². The normalized spacial score (nSPS) is 10.4. The molecule has 0 unspecified atom stereocenters. The van der Waals surface area contributed by atoms with E-state index in [1.807, 2.05) is 19.1 Å². The van der Waals surface area contributed by atoms with E-state index in [0.717, 1.165) is 5.56 Å². The fourth-order valence-electron chi connectivity index (χ4n) is 1.70. The van der Waals surface area contributed by atoms with Crippen molar-refractivity contribution in [3.63, 3.8) is 0 Å². The Labute approximate surface area is 110 Å². The summed E-state index contributed by atoms with van der Waals surface area (Å²) in [7, 11) is 0. The van der Waals surface area contributed by atoms with Gasteiger partial charge in [0.15, 0.2) is 5.78 Å². The molecule has 0 atom stereocenters. The molecule has 0 radical (unpaired) electrons. The second-order valence-electron chi connectivity index (χ2n) is 4.18. The van der Waals surface area contributed by atoms with E-state index >= 15 is 0 Å². The Morgan fingerprint density at radius 2 is 1.83 bits per heavy atom. The molecular formula is C15H12ClFO. The number of Topliss-reactive ketones (excluding diaryl/α,β-unsaturated/α-hetero) is 1. The number of carbonyl (C=O) groups is 1. The van der Waals surface area contributed by atoms with E-state index in [1.54, 1.807) is 24.3 Å². The van der Waals surface area contributed by atoms with E-state index in [0.29, 0.717) is 11.1 Å². The average molecular weight is 263 g/mol. The smallest absolute Gasteiger partial charge is 0.167 e. The first-order valence-electron chi connectivity index (χ1n) is 5.60. The maximum Gasteiger partial charge on any atom is 0.167 e. The lowest BCUT2D eigenvalue weighted by atomic mass is 10.0. The van der Waals surface area contributed by atoms with Crippen LogP contribution in [-0.2, 0) is 6.42 Å². The molecule has 1 nitrogen and oxygen atoms in total. The first-order valence-corrected chi connectivity index (χ1v) is 5.98. The molecule has 0 heterocycles. The first kappa shape index (κ1) is 12.8. The highest BCUT2D eigenvalue weighted by Gasteiger charge is 2.12. The maximum atomic E-state index is 13.7. The molecule has 18 heavy (non-hydrogen) atoms. The minimum Gasteiger partial charge on any atom is -0.294 e. The number of halogens is 2. The van der Waals surface area contributed by atoms with Crippen LogP contribution in [0.4, 0.5) is 4.39 Å². The molecule has 2 aromatic carbocycles. The van der Waals surface area contributed by atoms with Crippen LogP contribution in [0.3, 0.4) is 0 Å². The summed E-state index contributed by atoms with van der Waals surface area (Å²) in [5.41, 5.74) is 1.99. The van der Waals surface area contributed by atoms with Gasteiger partial charge in [-0.15, -0.1) is 0 Å². The SMILES string of the molecule is Cc1ccc(C(=O)Cc2cccc(Cl)c2F)cc1. The maximum absolute atomic E-state index is 13.7. The molecule has 0 saturated carbocycles. The molecule has 0 N–H and O–H groups in total. The lowest BCUT2D eigenvalue weighted by molar-refractivity contribution is 0.0992. The number of benzene rings is 2. The molecule has 2 rings (SSSR count). The van der Waals surface area contributed by atoms with Crippen LogP contribution in [0.15, 0.2) is 42.5 Å². The van der Waals surface area contributed by atoms with Crippen LogP contribution in [0, 0.1) is 12.7 Å². The lowest BCUT2D eigenvalue weighted by Crippen LogP contribution is -2.05. The van der Waals surface area contributed by atoms with Crippen molar-refractivity contribution >= 4 is 17.4 Å². The predicted octanol–water partition coefficient (Wildman–Crippen LogP) is 4.21. The summed E-state index contributed by atoms with van der Waals surface area (Å²) < 4.78 is 13.7. The van der Waals surface area contributed by atoms with Crippen molar-refractivity contribution in [2.75, 3.05) is 0 Å². The predicted molar refractivity (Wildman–Crippen MR) is 70.6 cm³/mol. The van der Waals surface area contributed by atoms with Gasteiger partial charge in [-0.05, 0) is 18.6 Å². The van der Waals surface area contributed by atoms with Gasteiger partial charge in [0, 0.05) is 12.0 Å². The fourth-order valence-corrected chi connectivity index (χ4v) is 1.89. The minimum absolute atomic E-state index is 0.0233. The molecule has 0 aliphatic carbocycles. The van der Waals surface area contributed by atoms with Gasteiger partial charge in [0.25, 0.3) is 0 Å². The number of carbonyl (C=O) groups excluding carboxylic acids is 1. The van der Waals surface area contributed by atoms with Gasteiger partial charge in [-0.3, -0.25) is 4.79 Å². The average Bonchev–Trinajstić information content (AvgIpc) is 2.36. The van der Waals surface area contributed by atoms with Gasteiger partial charge in [0.1, 0.15) is 5.82 Å². The van der Waals surface area contributed by atoms with E-state index in [9.17, 15) is 9.18 Å². The zero-order valence-corrected chi connectivity index (χ0v) is 10.7. The van der Waals surface area contributed by atoms with Crippen molar-refractivity contribution in [3.8, 4) is 0 Å². The molecule has 0 saturated heterocycles. The first-order chi connectivity index (χ1) is 8.58. The van der Waals surface area contributed by atoms with Gasteiger partial charge in [-0.2, -0.15) is 0 Å². The van der Waals surface area contributed by atoms with Crippen molar-refractivity contribution in [2.24, 2.45) is 0 Å². The molecule has 0 aliphatic heterocycles. The molecule has 92 valence electrons. The molecule has 0 fully saturated rings. The summed E-state index contributed by atoms with van der Waals surface area (Å²) in [6.07, 6.45) is 0.0233. The molecule has 0 bridgehead atoms. The Bertz CT molecular complexity index is 576. The van der Waals surface area contributed by atoms with Crippen LogP contribution >= 0.6 is 11.6 Å². The third kappa shape index (κ3) is 2.77. The Balaban J connectivity index is 2.21. The van der Waals surface area contributed by atoms with Crippen molar-refractivity contribution in [3.05, 3.63) is 70.0 Å². The zero-order valence-electron chi connectivity index (χ0n) is 9.91. The highest BCUT2D eigenvalue weighted by Crippen LogP contribution is 2.19. The van der Waals surface area contributed by atoms with Crippen LogP contribution in [0.5, 0.6) is 0 Å². The number of rotatable bonds is 3. The summed E-state index contributed by atoms with van der Waals surface area (Å²) in [5, 5.41) is 0.0456. The number of aryl methyl sites for hydroxylation is 1. The monoisotopic (exact) mass is 262 g/mol. The molecule has 0 aliphatic rings. The van der Waals surface area contributed by atoms with Crippen LogP contribution in [-0.4, -0.2) is 5.78 Å². The van der Waals surface area contributed by atoms with Crippen LogP contribution in [0.25, 0.3) is 0 Å². The summed E-state index contributed by atoms with van der Waals surface area (Å²) in [4.78, 5) is 12.0. The second-order valence-corrected chi connectivity index (χ2v) is 4.59. The van der Waals surface area contributed by atoms with E-state index in [2.05, 4.69) is 0 Å². The summed E-state index contributed by atoms with van der Waals surface area (Å²) in [6.45, 7) is 1.95. The Morgan fingerprint density at radius 1 is 1.17 bits per heavy atom. The fraction of sp³-hybridized carbons (Fsp3) is 0.133. The molecule has 2 aromatic rings. The van der Waals surface area contributed by atoms with E-state index in [-0.39, 0.29) is 17.2 Å². The van der Waals surface area contributed by atoms with Gasteiger partial charge in [-0.1, -0.05) is 53.6 Å². The molecular weight excluding hydrogens is 251 g/mol. The number of hydrogen-bond acceptors (Lipinski definition) is 1. The summed E-state index contributed by atoms with van der Waals surface area (Å²) in [5.74, 6) is -0.629. The van der Waals surface area contributed by atoms with Gasteiger partial charge >= 0.3 is 0 Å². The van der Waals surface area contributed by atoms with Crippen LogP contribution in [0.1, 0.15) is 21.5 Å². The molecule has 3 heteroatoms. The van der Waals surface area contributed by atoms with E-state index < -0.39 is 5.82 Å². The molecule has 0 aromatic heterocycles. The van der Waals surface area contributed by atoms with Crippen molar-refractivity contribution in [1.29, 1.82) is 0 Å². The molecule has 0 amide bonds. The van der Waals surface area contributed by atoms with Gasteiger partial charge in [0.05, 0.1) is 5.02 Å². The second kappa shape index (κ2) is 5.32. The topological polar surface area (TPSA) is 17.1 Å². The quantitative estimate of drug-likeness (QED) is 0.757. The van der Waals surface area contributed by atoms with Gasteiger partial charge in [-0.25, -0.2) is 4.39 Å². The van der Waals surface area contributed by atoms with Crippen molar-refractivity contribution in [2.45, 2.75) is 13.3 Å². The van der Waals surface area contributed by atoms with Crippen molar-refractivity contribution < 1.29 is 9.18 Å². The lowest BCUT2D eigenvalue weighted by Gasteiger charge is -2.04. The van der Waals surface area contributed by atoms with Gasteiger partial charge < -0.3 is 0 Å². The third-order valence-electron chi connectivity index (χ3n) is 2.76. The minimum atomic E-state index is -0.514. The Kier molecular flexibility index (Phi) is 3.78. The molecule has 0 spiro atoms. The van der Waals surface area contributed by atoms with Gasteiger partial charge in [0.2, 0.25) is 0 Å². The van der Waals surface area contributed by atoms with Crippen LogP contribution < -0.4 is 0 Å². The number of hydrogen-bond donors (Lipinski definition) is 0. The Hall–Kier alpha value is -1.67.